The molecular formula is C19H22N2O3. The summed E-state index contributed by atoms with van der Waals surface area (Å²) in [7, 11) is 0. The molecule has 0 bridgehead atoms. The molecule has 5 nitrogen and oxygen atoms in total. The number of carbonyl (C=O) groups is 1. The highest BCUT2D eigenvalue weighted by Crippen LogP contribution is 2.24. The van der Waals surface area contributed by atoms with Gasteiger partial charge in [0.05, 0.1) is 6.21 Å². The first-order valence-electron chi connectivity index (χ1n) is 7.69. The molecule has 2 N–H and O–H groups in total. The molecule has 0 fully saturated rings. The second kappa shape index (κ2) is 7.64. The lowest BCUT2D eigenvalue weighted by Crippen LogP contribution is -2.24. The molecule has 126 valence electrons. The second-order valence-electron chi connectivity index (χ2n) is 6.45. The van der Waals surface area contributed by atoms with Gasteiger partial charge < -0.3 is 9.84 Å². The maximum atomic E-state index is 11.7. The van der Waals surface area contributed by atoms with Gasteiger partial charge >= 0.3 is 0 Å². The molecule has 0 spiro atoms. The highest BCUT2D eigenvalue weighted by Gasteiger charge is 2.13. The van der Waals surface area contributed by atoms with Gasteiger partial charge in [-0.2, -0.15) is 5.10 Å². The quantitative estimate of drug-likeness (QED) is 0.654. The highest BCUT2D eigenvalue weighted by molar-refractivity contribution is 5.83. The molecule has 0 aliphatic heterocycles. The van der Waals surface area contributed by atoms with E-state index in [2.05, 4.69) is 31.3 Å². The Bertz CT molecular complexity index is 716. The van der Waals surface area contributed by atoms with Crippen LogP contribution in [0.4, 0.5) is 0 Å². The number of amides is 1. The predicted molar refractivity (Wildman–Crippen MR) is 94.5 cm³/mol. The molecule has 0 aliphatic carbocycles. The largest absolute Gasteiger partial charge is 0.508 e. The average Bonchev–Trinajstić information content (AvgIpc) is 2.52. The van der Waals surface area contributed by atoms with Crippen LogP contribution in [0.5, 0.6) is 11.5 Å². The van der Waals surface area contributed by atoms with Gasteiger partial charge in [0.2, 0.25) is 0 Å². The lowest BCUT2D eigenvalue weighted by atomic mass is 9.87. The summed E-state index contributed by atoms with van der Waals surface area (Å²) in [6, 6.07) is 14.3. The van der Waals surface area contributed by atoms with E-state index in [1.54, 1.807) is 24.3 Å². The minimum absolute atomic E-state index is 0.0799. The standard InChI is InChI=1S/C19H22N2O3/c1-19(2,3)15-7-9-17(10-8-15)24-13-18(23)21-20-12-14-5-4-6-16(22)11-14/h4-12,22H,13H2,1-3H3,(H,21,23). The number of phenols is 1. The van der Waals surface area contributed by atoms with E-state index in [9.17, 15) is 9.90 Å². The van der Waals surface area contributed by atoms with Gasteiger partial charge in [-0.15, -0.1) is 0 Å². The van der Waals surface area contributed by atoms with Gasteiger partial charge in [-0.3, -0.25) is 4.79 Å². The van der Waals surface area contributed by atoms with Crippen LogP contribution in [0.2, 0.25) is 0 Å². The van der Waals surface area contributed by atoms with Gasteiger partial charge in [0.1, 0.15) is 11.5 Å². The third kappa shape index (κ3) is 5.43. The van der Waals surface area contributed by atoms with Crippen molar-refractivity contribution in [2.75, 3.05) is 6.61 Å². The molecule has 1 amide bonds. The zero-order valence-corrected chi connectivity index (χ0v) is 14.1. The Morgan fingerprint density at radius 1 is 1.21 bits per heavy atom. The van der Waals surface area contributed by atoms with Crippen molar-refractivity contribution < 1.29 is 14.6 Å². The molecule has 2 rings (SSSR count). The van der Waals surface area contributed by atoms with Crippen LogP contribution in [0.25, 0.3) is 0 Å². The van der Waals surface area contributed by atoms with Crippen molar-refractivity contribution in [3.8, 4) is 11.5 Å². The second-order valence-corrected chi connectivity index (χ2v) is 6.45. The number of hydrogen-bond acceptors (Lipinski definition) is 4. The summed E-state index contributed by atoms with van der Waals surface area (Å²) in [6.07, 6.45) is 1.45. The van der Waals surface area contributed by atoms with Crippen molar-refractivity contribution in [2.24, 2.45) is 5.10 Å². The third-order valence-electron chi connectivity index (χ3n) is 3.36. The molecule has 5 heteroatoms. The van der Waals surface area contributed by atoms with Crippen molar-refractivity contribution in [1.29, 1.82) is 0 Å². The van der Waals surface area contributed by atoms with Crippen molar-refractivity contribution in [3.63, 3.8) is 0 Å². The number of nitrogens with zero attached hydrogens (tertiary/aromatic N) is 1. The van der Waals surface area contributed by atoms with Crippen molar-refractivity contribution in [2.45, 2.75) is 26.2 Å². The van der Waals surface area contributed by atoms with Gasteiger partial charge in [-0.25, -0.2) is 5.43 Å². The summed E-state index contributed by atoms with van der Waals surface area (Å²) >= 11 is 0. The molecule has 0 aromatic heterocycles. The Morgan fingerprint density at radius 3 is 2.54 bits per heavy atom. The number of benzene rings is 2. The maximum Gasteiger partial charge on any atom is 0.277 e. The van der Waals surface area contributed by atoms with E-state index in [0.717, 1.165) is 0 Å². The first-order chi connectivity index (χ1) is 11.3. The normalized spacial score (nSPS) is 11.5. The highest BCUT2D eigenvalue weighted by atomic mass is 16.5. The Morgan fingerprint density at radius 2 is 1.92 bits per heavy atom. The van der Waals surface area contributed by atoms with E-state index in [1.807, 2.05) is 24.3 Å². The van der Waals surface area contributed by atoms with Crippen LogP contribution in [-0.2, 0) is 10.2 Å². The summed E-state index contributed by atoms with van der Waals surface area (Å²) in [6.45, 7) is 6.30. The third-order valence-corrected chi connectivity index (χ3v) is 3.36. The van der Waals surface area contributed by atoms with Crippen molar-refractivity contribution >= 4 is 12.1 Å². The van der Waals surface area contributed by atoms with Crippen LogP contribution < -0.4 is 10.2 Å². The first-order valence-corrected chi connectivity index (χ1v) is 7.69. The van der Waals surface area contributed by atoms with Gasteiger partial charge in [0.15, 0.2) is 6.61 Å². The molecule has 0 aliphatic rings. The van der Waals surface area contributed by atoms with Crippen LogP contribution in [-0.4, -0.2) is 23.8 Å². The van der Waals surface area contributed by atoms with E-state index in [-0.39, 0.29) is 23.7 Å². The Kier molecular flexibility index (Phi) is 5.58. The lowest BCUT2D eigenvalue weighted by molar-refractivity contribution is -0.123. The lowest BCUT2D eigenvalue weighted by Gasteiger charge is -2.19. The fraction of sp³-hybridized carbons (Fsp3) is 0.263. The number of carbonyl (C=O) groups excluding carboxylic acids is 1. The number of nitrogens with one attached hydrogen (secondary N) is 1. The number of phenolic OH excluding ortho intramolecular Hbond substituents is 1. The molecule has 0 saturated heterocycles. The Balaban J connectivity index is 1.81. The number of aromatic hydroxyl groups is 1. The molecule has 0 radical (unpaired) electrons. The molecule has 2 aromatic rings. The Hall–Kier alpha value is -2.82. The van der Waals surface area contributed by atoms with E-state index in [1.165, 1.54) is 11.8 Å². The molecule has 0 unspecified atom stereocenters. The van der Waals surface area contributed by atoms with Crippen LogP contribution in [0.3, 0.4) is 0 Å². The zero-order valence-electron chi connectivity index (χ0n) is 14.1. The minimum atomic E-state index is -0.355. The smallest absolute Gasteiger partial charge is 0.277 e. The number of hydrogen-bond donors (Lipinski definition) is 2. The van der Waals surface area contributed by atoms with E-state index in [0.29, 0.717) is 11.3 Å². The molecule has 0 saturated carbocycles. The summed E-state index contributed by atoms with van der Waals surface area (Å²) in [5, 5.41) is 13.2. The monoisotopic (exact) mass is 326 g/mol. The topological polar surface area (TPSA) is 70.9 Å². The first kappa shape index (κ1) is 17.5. The van der Waals surface area contributed by atoms with E-state index in [4.69, 9.17) is 4.74 Å². The SMILES string of the molecule is CC(C)(C)c1ccc(OCC(=O)NN=Cc2cccc(O)c2)cc1. The maximum absolute atomic E-state index is 11.7. The van der Waals surface area contributed by atoms with Gasteiger partial charge in [0, 0.05) is 0 Å². The van der Waals surface area contributed by atoms with E-state index >= 15 is 0 Å². The van der Waals surface area contributed by atoms with Crippen LogP contribution in [0.15, 0.2) is 53.6 Å². The molecule has 2 aromatic carbocycles. The van der Waals surface area contributed by atoms with Crippen LogP contribution >= 0.6 is 0 Å². The molecule has 24 heavy (non-hydrogen) atoms. The van der Waals surface area contributed by atoms with Crippen molar-refractivity contribution in [1.82, 2.24) is 5.43 Å². The minimum Gasteiger partial charge on any atom is -0.508 e. The van der Waals surface area contributed by atoms with Gasteiger partial charge in [0.25, 0.3) is 5.91 Å². The summed E-state index contributed by atoms with van der Waals surface area (Å²) in [5.74, 6) is 0.425. The summed E-state index contributed by atoms with van der Waals surface area (Å²) in [5.41, 5.74) is 4.35. The summed E-state index contributed by atoms with van der Waals surface area (Å²) in [4.78, 5) is 11.7. The number of hydrazone groups is 1. The molecule has 0 atom stereocenters. The van der Waals surface area contributed by atoms with Crippen LogP contribution in [0.1, 0.15) is 31.9 Å². The fourth-order valence-electron chi connectivity index (χ4n) is 2.02. The Labute approximate surface area is 142 Å². The van der Waals surface area contributed by atoms with Gasteiger partial charge in [-0.1, -0.05) is 45.0 Å². The zero-order chi connectivity index (χ0) is 17.6. The number of rotatable bonds is 5. The molecular weight excluding hydrogens is 304 g/mol. The average molecular weight is 326 g/mol. The molecule has 0 heterocycles. The summed E-state index contributed by atoms with van der Waals surface area (Å²) < 4.78 is 5.43. The van der Waals surface area contributed by atoms with E-state index < -0.39 is 0 Å². The number of ether oxygens (including phenoxy) is 1. The van der Waals surface area contributed by atoms with Crippen LogP contribution in [0, 0.1) is 0 Å². The van der Waals surface area contributed by atoms with Crippen molar-refractivity contribution in [3.05, 3.63) is 59.7 Å². The predicted octanol–water partition coefficient (Wildman–Crippen LogP) is 3.22. The van der Waals surface area contributed by atoms with Gasteiger partial charge in [-0.05, 0) is 40.8 Å². The fourth-order valence-corrected chi connectivity index (χ4v) is 2.02.